The Morgan fingerprint density at radius 2 is 1.48 bits per heavy atom. The van der Waals surface area contributed by atoms with Gasteiger partial charge in [-0.05, 0) is 124 Å². The van der Waals surface area contributed by atoms with Crippen LogP contribution in [0.25, 0.3) is 0 Å². The van der Waals surface area contributed by atoms with Crippen molar-refractivity contribution in [3.05, 3.63) is 35.4 Å². The normalized spacial score (nSPS) is 34.0. The molecule has 5 rings (SSSR count). The lowest BCUT2D eigenvalue weighted by Gasteiger charge is -2.56. The summed E-state index contributed by atoms with van der Waals surface area (Å²) in [5.41, 5.74) is 4.31. The van der Waals surface area contributed by atoms with Crippen LogP contribution in [0.3, 0.4) is 0 Å². The number of hydrogen-bond acceptors (Lipinski definition) is 0. The number of alkyl halides is 1. The monoisotopic (exact) mass is 442 g/mol. The number of unbranched alkanes of at least 4 members (excludes halogenated alkanes) is 2. The highest BCUT2D eigenvalue weighted by Crippen LogP contribution is 2.61. The molecule has 0 nitrogen and oxygen atoms in total. The lowest BCUT2D eigenvalue weighted by molar-refractivity contribution is -0.0211. The number of fused-ring (bicyclic) bond motifs is 3. The van der Waals surface area contributed by atoms with E-state index in [1.807, 2.05) is 0 Å². The Bertz CT molecular complexity index is 642. The van der Waals surface area contributed by atoms with Crippen LogP contribution < -0.4 is 0 Å². The highest BCUT2D eigenvalue weighted by atomic mass is 35.5. The minimum absolute atomic E-state index is 0.427. The van der Waals surface area contributed by atoms with Crippen LogP contribution in [0.2, 0.25) is 0 Å². The smallest absolute Gasteiger partial charge is 0.0395 e. The standard InChI is InChI=1S/C30H47Cl/c1-3-5-6-7-24-8-12-26(13-9-24)27-14-10-25(11-15-27)23-28(31)30-20-17-29(16-4-2,18-21-30)19-22-30/h8-9,12-13,25,27-28H,3-7,10-11,14-23H2,1-2H3. The van der Waals surface area contributed by atoms with Crippen molar-refractivity contribution in [1.82, 2.24) is 0 Å². The zero-order chi connectivity index (χ0) is 21.7. The van der Waals surface area contributed by atoms with Gasteiger partial charge in [0.25, 0.3) is 0 Å². The van der Waals surface area contributed by atoms with E-state index in [2.05, 4.69) is 38.1 Å². The van der Waals surface area contributed by atoms with Crippen LogP contribution in [-0.2, 0) is 6.42 Å². The number of halogens is 1. The molecule has 31 heavy (non-hydrogen) atoms. The molecular weight excluding hydrogens is 396 g/mol. The van der Waals surface area contributed by atoms with Crippen LogP contribution in [0.5, 0.6) is 0 Å². The number of benzene rings is 1. The Hall–Kier alpha value is -0.490. The second kappa shape index (κ2) is 10.6. The zero-order valence-electron chi connectivity index (χ0n) is 20.4. The Morgan fingerprint density at radius 1 is 0.839 bits per heavy atom. The summed E-state index contributed by atoms with van der Waals surface area (Å²) in [6.07, 6.45) is 23.5. The van der Waals surface area contributed by atoms with Gasteiger partial charge < -0.3 is 0 Å². The van der Waals surface area contributed by atoms with Gasteiger partial charge in [-0.2, -0.15) is 0 Å². The lowest BCUT2D eigenvalue weighted by atomic mass is 9.51. The van der Waals surface area contributed by atoms with E-state index in [0.29, 0.717) is 16.2 Å². The first-order chi connectivity index (χ1) is 15.1. The van der Waals surface area contributed by atoms with Crippen molar-refractivity contribution >= 4 is 11.6 Å². The van der Waals surface area contributed by atoms with Crippen molar-refractivity contribution in [3.8, 4) is 0 Å². The molecule has 0 radical (unpaired) electrons. The van der Waals surface area contributed by atoms with Gasteiger partial charge in [0.2, 0.25) is 0 Å². The molecule has 4 fully saturated rings. The predicted octanol–water partition coefficient (Wildman–Crippen LogP) is 9.83. The van der Waals surface area contributed by atoms with E-state index in [0.717, 1.165) is 11.8 Å². The lowest BCUT2D eigenvalue weighted by Crippen LogP contribution is -2.46. The number of rotatable bonds is 10. The number of hydrogen-bond donors (Lipinski definition) is 0. The quantitative estimate of drug-likeness (QED) is 0.249. The van der Waals surface area contributed by atoms with Crippen molar-refractivity contribution in [1.29, 1.82) is 0 Å². The molecule has 1 aromatic carbocycles. The van der Waals surface area contributed by atoms with Crippen LogP contribution in [0.1, 0.15) is 134 Å². The summed E-state index contributed by atoms with van der Waals surface area (Å²) in [7, 11) is 0. The molecule has 2 bridgehead atoms. The minimum Gasteiger partial charge on any atom is -0.122 e. The van der Waals surface area contributed by atoms with E-state index in [1.54, 1.807) is 5.56 Å². The maximum absolute atomic E-state index is 7.22. The van der Waals surface area contributed by atoms with E-state index < -0.39 is 0 Å². The van der Waals surface area contributed by atoms with E-state index in [1.165, 1.54) is 115 Å². The molecule has 0 amide bonds. The fourth-order valence-electron chi connectivity index (χ4n) is 7.48. The molecule has 1 heteroatoms. The van der Waals surface area contributed by atoms with E-state index >= 15 is 0 Å². The summed E-state index contributed by atoms with van der Waals surface area (Å²) in [5.74, 6) is 1.65. The molecule has 1 unspecified atom stereocenters. The molecule has 0 aromatic heterocycles. The third kappa shape index (κ3) is 5.54. The summed E-state index contributed by atoms with van der Waals surface area (Å²) in [4.78, 5) is 0. The Balaban J connectivity index is 1.23. The van der Waals surface area contributed by atoms with Crippen molar-refractivity contribution in [2.24, 2.45) is 16.7 Å². The molecule has 4 saturated carbocycles. The molecule has 0 spiro atoms. The maximum atomic E-state index is 7.22. The highest BCUT2D eigenvalue weighted by molar-refractivity contribution is 6.21. The summed E-state index contributed by atoms with van der Waals surface area (Å²) < 4.78 is 0. The topological polar surface area (TPSA) is 0 Å². The maximum Gasteiger partial charge on any atom is 0.0395 e. The molecule has 0 N–H and O–H groups in total. The molecule has 1 aromatic rings. The van der Waals surface area contributed by atoms with Crippen LogP contribution in [0.4, 0.5) is 0 Å². The van der Waals surface area contributed by atoms with Crippen molar-refractivity contribution in [3.63, 3.8) is 0 Å². The third-order valence-electron chi connectivity index (χ3n) is 9.81. The zero-order valence-corrected chi connectivity index (χ0v) is 21.2. The SMILES string of the molecule is CCCCCc1ccc(C2CCC(CC(Cl)C34CCC(CCC)(CC3)CC4)CC2)cc1. The third-order valence-corrected chi connectivity index (χ3v) is 10.5. The fourth-order valence-corrected chi connectivity index (χ4v) is 8.06. The van der Waals surface area contributed by atoms with Crippen molar-refractivity contribution in [2.75, 3.05) is 0 Å². The van der Waals surface area contributed by atoms with Crippen LogP contribution in [0, 0.1) is 16.7 Å². The molecular formula is C30H47Cl. The summed E-state index contributed by atoms with van der Waals surface area (Å²) >= 11 is 7.22. The van der Waals surface area contributed by atoms with Crippen LogP contribution >= 0.6 is 11.6 Å². The van der Waals surface area contributed by atoms with Gasteiger partial charge in [0.05, 0.1) is 0 Å². The van der Waals surface area contributed by atoms with Gasteiger partial charge in [-0.15, -0.1) is 11.6 Å². The van der Waals surface area contributed by atoms with E-state index in [9.17, 15) is 0 Å². The first-order valence-corrected chi connectivity index (χ1v) is 14.2. The minimum atomic E-state index is 0.427. The second-order valence-corrected chi connectivity index (χ2v) is 12.3. The van der Waals surface area contributed by atoms with Crippen molar-refractivity contribution in [2.45, 2.75) is 134 Å². The molecule has 4 aliphatic carbocycles. The number of aryl methyl sites for hydroxylation is 1. The molecule has 174 valence electrons. The Labute approximate surface area is 197 Å². The largest absolute Gasteiger partial charge is 0.122 e. The van der Waals surface area contributed by atoms with E-state index in [4.69, 9.17) is 11.6 Å². The summed E-state index contributed by atoms with van der Waals surface area (Å²) in [6.45, 7) is 4.65. The van der Waals surface area contributed by atoms with E-state index in [-0.39, 0.29) is 0 Å². The summed E-state index contributed by atoms with van der Waals surface area (Å²) in [5, 5.41) is 0.427. The Kier molecular flexibility index (Phi) is 8.11. The predicted molar refractivity (Wildman–Crippen MR) is 136 cm³/mol. The van der Waals surface area contributed by atoms with Gasteiger partial charge in [-0.3, -0.25) is 0 Å². The average molecular weight is 443 g/mol. The van der Waals surface area contributed by atoms with Gasteiger partial charge in [0.15, 0.2) is 0 Å². The molecule has 1 atom stereocenters. The van der Waals surface area contributed by atoms with Crippen LogP contribution in [0.15, 0.2) is 24.3 Å². The summed E-state index contributed by atoms with van der Waals surface area (Å²) in [6, 6.07) is 9.66. The highest BCUT2D eigenvalue weighted by Gasteiger charge is 2.51. The van der Waals surface area contributed by atoms with Gasteiger partial charge >= 0.3 is 0 Å². The molecule has 4 aliphatic rings. The first-order valence-electron chi connectivity index (χ1n) is 13.8. The van der Waals surface area contributed by atoms with Gasteiger partial charge in [-0.25, -0.2) is 0 Å². The fraction of sp³-hybridized carbons (Fsp3) is 0.800. The Morgan fingerprint density at radius 3 is 2.06 bits per heavy atom. The van der Waals surface area contributed by atoms with Crippen molar-refractivity contribution < 1.29 is 0 Å². The second-order valence-electron chi connectivity index (χ2n) is 11.7. The average Bonchev–Trinajstić information content (AvgIpc) is 2.81. The van der Waals surface area contributed by atoms with Gasteiger partial charge in [-0.1, -0.05) is 57.4 Å². The van der Waals surface area contributed by atoms with Gasteiger partial charge in [0.1, 0.15) is 0 Å². The van der Waals surface area contributed by atoms with Gasteiger partial charge in [0, 0.05) is 5.38 Å². The first kappa shape index (κ1) is 23.7. The molecule has 0 heterocycles. The molecule has 0 aliphatic heterocycles. The van der Waals surface area contributed by atoms with Crippen LogP contribution in [-0.4, -0.2) is 5.38 Å². The molecule has 0 saturated heterocycles.